The van der Waals surface area contributed by atoms with Crippen molar-refractivity contribution in [1.29, 1.82) is 0 Å². The fourth-order valence-electron chi connectivity index (χ4n) is 3.97. The SMILES string of the molecule is COC(=O)c1cc2ccccc2c(CN2CCCc3cc(OC)ccc32)c1O. The molecule has 0 spiro atoms. The van der Waals surface area contributed by atoms with E-state index in [4.69, 9.17) is 9.47 Å². The minimum Gasteiger partial charge on any atom is -0.507 e. The zero-order chi connectivity index (χ0) is 19.7. The Kier molecular flexibility index (Phi) is 4.82. The van der Waals surface area contributed by atoms with Crippen LogP contribution in [0.15, 0.2) is 48.5 Å². The maximum absolute atomic E-state index is 12.2. The van der Waals surface area contributed by atoms with Crippen LogP contribution in [-0.4, -0.2) is 31.8 Å². The first kappa shape index (κ1) is 18.2. The first-order valence-electron chi connectivity index (χ1n) is 9.36. The average Bonchev–Trinajstić information content (AvgIpc) is 2.74. The number of rotatable bonds is 4. The molecule has 0 amide bonds. The number of hydrogen-bond acceptors (Lipinski definition) is 5. The molecular weight excluding hydrogens is 354 g/mol. The van der Waals surface area contributed by atoms with Gasteiger partial charge < -0.3 is 19.5 Å². The molecule has 1 aliphatic rings. The predicted molar refractivity (Wildman–Crippen MR) is 109 cm³/mol. The van der Waals surface area contributed by atoms with Gasteiger partial charge in [0.1, 0.15) is 17.1 Å². The number of aromatic hydroxyl groups is 1. The number of methoxy groups -OCH3 is 2. The minimum absolute atomic E-state index is 0.00816. The van der Waals surface area contributed by atoms with Gasteiger partial charge in [0.15, 0.2) is 0 Å². The van der Waals surface area contributed by atoms with E-state index in [-0.39, 0.29) is 11.3 Å². The van der Waals surface area contributed by atoms with E-state index >= 15 is 0 Å². The monoisotopic (exact) mass is 377 g/mol. The van der Waals surface area contributed by atoms with E-state index < -0.39 is 5.97 Å². The molecular formula is C23H23NO4. The average molecular weight is 377 g/mol. The second kappa shape index (κ2) is 7.43. The van der Waals surface area contributed by atoms with Crippen LogP contribution < -0.4 is 9.64 Å². The summed E-state index contributed by atoms with van der Waals surface area (Å²) in [7, 11) is 3.00. The van der Waals surface area contributed by atoms with Crippen LogP contribution in [-0.2, 0) is 17.7 Å². The molecule has 3 aromatic rings. The molecule has 0 saturated carbocycles. The Labute approximate surface area is 164 Å². The number of phenolic OH excluding ortho intramolecular Hbond substituents is 1. The molecule has 4 rings (SSSR count). The number of esters is 1. The number of fused-ring (bicyclic) bond motifs is 2. The van der Waals surface area contributed by atoms with Crippen molar-refractivity contribution in [3.8, 4) is 11.5 Å². The first-order valence-corrected chi connectivity index (χ1v) is 9.36. The summed E-state index contributed by atoms with van der Waals surface area (Å²) >= 11 is 0. The Morgan fingerprint density at radius 2 is 1.96 bits per heavy atom. The van der Waals surface area contributed by atoms with Gasteiger partial charge in [-0.1, -0.05) is 24.3 Å². The zero-order valence-electron chi connectivity index (χ0n) is 16.1. The van der Waals surface area contributed by atoms with E-state index in [1.807, 2.05) is 30.3 Å². The third-order valence-electron chi connectivity index (χ3n) is 5.38. The Morgan fingerprint density at radius 3 is 2.75 bits per heavy atom. The highest BCUT2D eigenvalue weighted by Gasteiger charge is 2.23. The van der Waals surface area contributed by atoms with E-state index in [9.17, 15) is 9.90 Å². The van der Waals surface area contributed by atoms with E-state index in [0.717, 1.165) is 47.2 Å². The number of anilines is 1. The predicted octanol–water partition coefficient (Wildman–Crippen LogP) is 4.29. The summed E-state index contributed by atoms with van der Waals surface area (Å²) in [5.74, 6) is 0.307. The molecule has 1 aliphatic heterocycles. The van der Waals surface area contributed by atoms with Crippen LogP contribution in [0, 0.1) is 0 Å². The molecule has 0 aromatic heterocycles. The second-order valence-corrected chi connectivity index (χ2v) is 6.98. The van der Waals surface area contributed by atoms with Gasteiger partial charge in [0, 0.05) is 24.3 Å². The lowest BCUT2D eigenvalue weighted by Gasteiger charge is -2.32. The number of carbonyl (C=O) groups excluding carboxylic acids is 1. The third-order valence-corrected chi connectivity index (χ3v) is 5.38. The quantitative estimate of drug-likeness (QED) is 0.687. The number of hydrogen-bond donors (Lipinski definition) is 1. The van der Waals surface area contributed by atoms with Gasteiger partial charge in [-0.25, -0.2) is 4.79 Å². The van der Waals surface area contributed by atoms with Crippen molar-refractivity contribution in [2.24, 2.45) is 0 Å². The summed E-state index contributed by atoms with van der Waals surface area (Å²) in [6.07, 6.45) is 2.02. The number of nitrogens with zero attached hydrogens (tertiary/aromatic N) is 1. The van der Waals surface area contributed by atoms with Crippen molar-refractivity contribution < 1.29 is 19.4 Å². The standard InChI is InChI=1S/C23H23NO4/c1-27-17-9-10-21-16(12-17)7-5-11-24(21)14-20-18-8-4-3-6-15(18)13-19(22(20)25)23(26)28-2/h3-4,6,8-10,12-13,25H,5,7,11,14H2,1-2H3. The Balaban J connectivity index is 1.81. The molecule has 0 bridgehead atoms. The number of benzene rings is 3. The van der Waals surface area contributed by atoms with Gasteiger partial charge >= 0.3 is 5.97 Å². The van der Waals surface area contributed by atoms with Gasteiger partial charge in [-0.05, 0) is 53.4 Å². The molecule has 0 fully saturated rings. The highest BCUT2D eigenvalue weighted by molar-refractivity contribution is 6.00. The lowest BCUT2D eigenvalue weighted by atomic mass is 9.96. The topological polar surface area (TPSA) is 59.0 Å². The Bertz CT molecular complexity index is 1040. The highest BCUT2D eigenvalue weighted by Crippen LogP contribution is 2.36. The van der Waals surface area contributed by atoms with Crippen LogP contribution in [0.4, 0.5) is 5.69 Å². The van der Waals surface area contributed by atoms with Gasteiger partial charge in [-0.3, -0.25) is 0 Å². The van der Waals surface area contributed by atoms with Crippen LogP contribution >= 0.6 is 0 Å². The van der Waals surface area contributed by atoms with Crippen molar-refractivity contribution in [2.75, 3.05) is 25.7 Å². The Morgan fingerprint density at radius 1 is 1.14 bits per heavy atom. The Hall–Kier alpha value is -3.21. The molecule has 3 aromatic carbocycles. The summed E-state index contributed by atoms with van der Waals surface area (Å²) in [5, 5.41) is 12.7. The van der Waals surface area contributed by atoms with E-state index in [0.29, 0.717) is 6.54 Å². The summed E-state index contributed by atoms with van der Waals surface area (Å²) in [4.78, 5) is 14.4. The van der Waals surface area contributed by atoms with E-state index in [1.54, 1.807) is 13.2 Å². The lowest BCUT2D eigenvalue weighted by Crippen LogP contribution is -2.29. The van der Waals surface area contributed by atoms with Gasteiger partial charge in [0.2, 0.25) is 0 Å². The maximum atomic E-state index is 12.2. The van der Waals surface area contributed by atoms with Gasteiger partial charge in [-0.15, -0.1) is 0 Å². The number of ether oxygens (including phenoxy) is 2. The van der Waals surface area contributed by atoms with Gasteiger partial charge in [0.25, 0.3) is 0 Å². The molecule has 5 nitrogen and oxygen atoms in total. The van der Waals surface area contributed by atoms with Crippen LogP contribution in [0.2, 0.25) is 0 Å². The normalized spacial score (nSPS) is 13.3. The van der Waals surface area contributed by atoms with Gasteiger partial charge in [0.05, 0.1) is 14.2 Å². The first-order chi connectivity index (χ1) is 13.6. The highest BCUT2D eigenvalue weighted by atomic mass is 16.5. The van der Waals surface area contributed by atoms with Crippen molar-refractivity contribution >= 4 is 22.4 Å². The smallest absolute Gasteiger partial charge is 0.341 e. The van der Waals surface area contributed by atoms with Crippen molar-refractivity contribution in [3.05, 3.63) is 65.2 Å². The largest absolute Gasteiger partial charge is 0.507 e. The molecule has 0 saturated heterocycles. The summed E-state index contributed by atoms with van der Waals surface area (Å²) in [6, 6.07) is 15.6. The van der Waals surface area contributed by atoms with Crippen LogP contribution in [0.1, 0.15) is 27.9 Å². The molecule has 1 N–H and O–H groups in total. The number of phenols is 1. The van der Waals surface area contributed by atoms with Crippen molar-refractivity contribution in [1.82, 2.24) is 0 Å². The third kappa shape index (κ3) is 3.13. The van der Waals surface area contributed by atoms with Gasteiger partial charge in [-0.2, -0.15) is 0 Å². The molecule has 28 heavy (non-hydrogen) atoms. The maximum Gasteiger partial charge on any atom is 0.341 e. The number of aryl methyl sites for hydroxylation is 1. The zero-order valence-corrected chi connectivity index (χ0v) is 16.1. The van der Waals surface area contributed by atoms with Crippen molar-refractivity contribution in [2.45, 2.75) is 19.4 Å². The molecule has 0 atom stereocenters. The van der Waals surface area contributed by atoms with Crippen LogP contribution in [0.25, 0.3) is 10.8 Å². The summed E-state index contributed by atoms with van der Waals surface area (Å²) in [5.41, 5.74) is 3.31. The van der Waals surface area contributed by atoms with E-state index in [1.165, 1.54) is 12.7 Å². The molecule has 0 unspecified atom stereocenters. The van der Waals surface area contributed by atoms with Crippen LogP contribution in [0.5, 0.6) is 11.5 Å². The molecule has 0 radical (unpaired) electrons. The number of carbonyl (C=O) groups is 1. The fraction of sp³-hybridized carbons (Fsp3) is 0.261. The minimum atomic E-state index is -0.534. The molecule has 0 aliphatic carbocycles. The van der Waals surface area contributed by atoms with E-state index in [2.05, 4.69) is 17.0 Å². The summed E-state index contributed by atoms with van der Waals surface area (Å²) in [6.45, 7) is 1.39. The summed E-state index contributed by atoms with van der Waals surface area (Å²) < 4.78 is 10.2. The van der Waals surface area contributed by atoms with Crippen LogP contribution in [0.3, 0.4) is 0 Å². The fourth-order valence-corrected chi connectivity index (χ4v) is 3.97. The van der Waals surface area contributed by atoms with Crippen molar-refractivity contribution in [3.63, 3.8) is 0 Å². The lowest BCUT2D eigenvalue weighted by molar-refractivity contribution is 0.0597. The molecule has 1 heterocycles. The molecule has 144 valence electrons. The second-order valence-electron chi connectivity index (χ2n) is 6.98. The molecule has 5 heteroatoms.